The van der Waals surface area contributed by atoms with E-state index < -0.39 is 21.1 Å². The van der Waals surface area contributed by atoms with E-state index in [1.165, 1.54) is 38.3 Å². The summed E-state index contributed by atoms with van der Waals surface area (Å²) in [4.78, 5) is 10.9. The Hall–Kier alpha value is -1.56. The molecule has 1 rings (SSSR count). The highest BCUT2D eigenvalue weighted by Gasteiger charge is 2.32. The molecule has 17 heavy (non-hydrogen) atoms. The molecule has 0 aliphatic heterocycles. The number of ether oxygens (including phenoxy) is 1. The van der Waals surface area contributed by atoms with E-state index in [-0.39, 0.29) is 11.3 Å². The fraction of sp³-hybridized carbons (Fsp3) is 0.364. The van der Waals surface area contributed by atoms with Crippen LogP contribution in [0.4, 0.5) is 0 Å². The average Bonchev–Trinajstić information content (AvgIpc) is 2.29. The topological polar surface area (TPSA) is 80.7 Å². The van der Waals surface area contributed by atoms with E-state index in [4.69, 9.17) is 9.84 Å². The zero-order valence-corrected chi connectivity index (χ0v) is 10.4. The number of sulfone groups is 1. The van der Waals surface area contributed by atoms with Crippen molar-refractivity contribution in [3.63, 3.8) is 0 Å². The number of hydrogen-bond donors (Lipinski definition) is 1. The van der Waals surface area contributed by atoms with E-state index in [0.29, 0.717) is 5.75 Å². The average molecular weight is 258 g/mol. The van der Waals surface area contributed by atoms with E-state index in [2.05, 4.69) is 0 Å². The maximum Gasteiger partial charge on any atom is 0.322 e. The molecular formula is C11H14O5S. The number of methoxy groups -OCH3 is 1. The molecule has 0 radical (unpaired) electrons. The number of aliphatic carboxylic acids is 1. The third kappa shape index (κ3) is 2.76. The summed E-state index contributed by atoms with van der Waals surface area (Å²) in [5, 5.41) is 7.46. The number of benzene rings is 1. The zero-order chi connectivity index (χ0) is 13.1. The normalized spacial score (nSPS) is 13.1. The summed E-state index contributed by atoms with van der Waals surface area (Å²) in [7, 11) is -2.36. The number of carboxylic acid groups (broad SMARTS) is 1. The molecule has 0 aliphatic rings. The Bertz CT molecular complexity index is 489. The summed E-state index contributed by atoms with van der Waals surface area (Å²) in [6, 6.07) is 5.67. The smallest absolute Gasteiger partial charge is 0.322 e. The molecule has 1 N–H and O–H groups in total. The van der Waals surface area contributed by atoms with Crippen molar-refractivity contribution in [2.24, 2.45) is 0 Å². The minimum absolute atomic E-state index is 0.00690. The Labute approximate surface area is 100.0 Å². The van der Waals surface area contributed by atoms with Crippen molar-refractivity contribution in [1.82, 2.24) is 0 Å². The van der Waals surface area contributed by atoms with Gasteiger partial charge in [-0.2, -0.15) is 0 Å². The minimum atomic E-state index is -3.83. The van der Waals surface area contributed by atoms with Crippen LogP contribution in [-0.2, 0) is 14.6 Å². The minimum Gasteiger partial charge on any atom is -0.497 e. The van der Waals surface area contributed by atoms with Crippen molar-refractivity contribution in [2.45, 2.75) is 23.5 Å². The predicted molar refractivity (Wildman–Crippen MR) is 61.9 cm³/mol. The predicted octanol–water partition coefficient (Wildman–Crippen LogP) is 1.33. The molecule has 0 fully saturated rings. The van der Waals surface area contributed by atoms with Gasteiger partial charge in [0, 0.05) is 0 Å². The molecule has 0 heterocycles. The quantitative estimate of drug-likeness (QED) is 0.861. The van der Waals surface area contributed by atoms with Crippen molar-refractivity contribution in [3.8, 4) is 5.75 Å². The second-order valence-corrected chi connectivity index (χ2v) is 5.59. The van der Waals surface area contributed by atoms with Gasteiger partial charge in [-0.15, -0.1) is 0 Å². The molecule has 0 aromatic heterocycles. The van der Waals surface area contributed by atoms with Crippen LogP contribution in [0.5, 0.6) is 5.75 Å². The lowest BCUT2D eigenvalue weighted by atomic mass is 10.3. The highest BCUT2D eigenvalue weighted by Crippen LogP contribution is 2.21. The van der Waals surface area contributed by atoms with Gasteiger partial charge in [-0.1, -0.05) is 6.92 Å². The maximum atomic E-state index is 12.0. The molecule has 0 aliphatic carbocycles. The van der Waals surface area contributed by atoms with Gasteiger partial charge < -0.3 is 9.84 Å². The number of hydrogen-bond acceptors (Lipinski definition) is 4. The fourth-order valence-corrected chi connectivity index (χ4v) is 3.00. The van der Waals surface area contributed by atoms with Gasteiger partial charge in [-0.3, -0.25) is 4.79 Å². The zero-order valence-electron chi connectivity index (χ0n) is 9.58. The third-order valence-electron chi connectivity index (χ3n) is 2.41. The Balaban J connectivity index is 3.16. The van der Waals surface area contributed by atoms with Gasteiger partial charge in [-0.25, -0.2) is 8.42 Å². The van der Waals surface area contributed by atoms with E-state index in [0.717, 1.165) is 0 Å². The second-order valence-electron chi connectivity index (χ2n) is 3.46. The molecule has 0 saturated heterocycles. The molecular weight excluding hydrogens is 244 g/mol. The molecule has 1 atom stereocenters. The lowest BCUT2D eigenvalue weighted by Crippen LogP contribution is -2.29. The van der Waals surface area contributed by atoms with Crippen LogP contribution in [0, 0.1) is 0 Å². The summed E-state index contributed by atoms with van der Waals surface area (Å²) in [6.45, 7) is 1.53. The third-order valence-corrected chi connectivity index (χ3v) is 4.62. The van der Waals surface area contributed by atoms with Crippen molar-refractivity contribution >= 4 is 15.8 Å². The van der Waals surface area contributed by atoms with Gasteiger partial charge >= 0.3 is 5.97 Å². The summed E-state index contributed by atoms with van der Waals surface area (Å²) < 4.78 is 28.9. The first-order chi connectivity index (χ1) is 7.93. The summed E-state index contributed by atoms with van der Waals surface area (Å²) in [5.41, 5.74) is 0. The molecule has 1 aromatic rings. The Kier molecular flexibility index (Phi) is 4.11. The number of rotatable bonds is 5. The molecule has 1 aromatic carbocycles. The summed E-state index contributed by atoms with van der Waals surface area (Å²) in [5.74, 6) is -0.810. The highest BCUT2D eigenvalue weighted by atomic mass is 32.2. The van der Waals surface area contributed by atoms with Crippen LogP contribution in [-0.4, -0.2) is 31.9 Å². The van der Waals surface area contributed by atoms with Crippen LogP contribution in [0.25, 0.3) is 0 Å². The summed E-state index contributed by atoms with van der Waals surface area (Å²) in [6.07, 6.45) is 0.0314. The van der Waals surface area contributed by atoms with Gasteiger partial charge in [0.15, 0.2) is 15.1 Å². The van der Waals surface area contributed by atoms with Crippen LogP contribution in [0.3, 0.4) is 0 Å². The summed E-state index contributed by atoms with van der Waals surface area (Å²) >= 11 is 0. The van der Waals surface area contributed by atoms with E-state index in [1.54, 1.807) is 0 Å². The molecule has 0 saturated carbocycles. The van der Waals surface area contributed by atoms with Crippen LogP contribution < -0.4 is 4.74 Å². The van der Waals surface area contributed by atoms with Gasteiger partial charge in [0.2, 0.25) is 0 Å². The van der Waals surface area contributed by atoms with E-state index in [9.17, 15) is 13.2 Å². The highest BCUT2D eigenvalue weighted by molar-refractivity contribution is 7.92. The Morgan fingerprint density at radius 3 is 2.24 bits per heavy atom. The number of carbonyl (C=O) groups is 1. The molecule has 0 amide bonds. The Morgan fingerprint density at radius 2 is 1.88 bits per heavy atom. The van der Waals surface area contributed by atoms with Crippen LogP contribution >= 0.6 is 0 Å². The van der Waals surface area contributed by atoms with E-state index in [1.807, 2.05) is 0 Å². The van der Waals surface area contributed by atoms with Gasteiger partial charge in [0.1, 0.15) is 5.75 Å². The van der Waals surface area contributed by atoms with Gasteiger partial charge in [0.05, 0.1) is 12.0 Å². The van der Waals surface area contributed by atoms with Crippen LogP contribution in [0.1, 0.15) is 13.3 Å². The van der Waals surface area contributed by atoms with Crippen molar-refractivity contribution in [1.29, 1.82) is 0 Å². The first-order valence-corrected chi connectivity index (χ1v) is 6.58. The van der Waals surface area contributed by atoms with Crippen LogP contribution in [0.15, 0.2) is 29.2 Å². The van der Waals surface area contributed by atoms with Gasteiger partial charge in [0.25, 0.3) is 0 Å². The molecule has 0 spiro atoms. The van der Waals surface area contributed by atoms with Crippen molar-refractivity contribution < 1.29 is 23.1 Å². The first-order valence-electron chi connectivity index (χ1n) is 5.04. The maximum absolute atomic E-state index is 12.0. The molecule has 0 bridgehead atoms. The van der Waals surface area contributed by atoms with Gasteiger partial charge in [-0.05, 0) is 30.7 Å². The largest absolute Gasteiger partial charge is 0.497 e. The SMILES string of the molecule is CCC(C(=O)O)S(=O)(=O)c1ccc(OC)cc1. The van der Waals surface area contributed by atoms with Crippen LogP contribution in [0.2, 0.25) is 0 Å². The van der Waals surface area contributed by atoms with E-state index >= 15 is 0 Å². The fourth-order valence-electron chi connectivity index (χ4n) is 1.46. The lowest BCUT2D eigenvalue weighted by Gasteiger charge is -2.11. The Morgan fingerprint density at radius 1 is 1.35 bits per heavy atom. The molecule has 94 valence electrons. The lowest BCUT2D eigenvalue weighted by molar-refractivity contribution is -0.136. The molecule has 5 nitrogen and oxygen atoms in total. The molecule has 6 heteroatoms. The standard InChI is InChI=1S/C11H14O5S/c1-3-10(11(12)13)17(14,15)9-6-4-8(16-2)5-7-9/h4-7,10H,3H2,1-2H3,(H,12,13). The van der Waals surface area contributed by atoms with Crippen molar-refractivity contribution in [2.75, 3.05) is 7.11 Å². The molecule has 1 unspecified atom stereocenters. The second kappa shape index (κ2) is 5.18. The monoisotopic (exact) mass is 258 g/mol. The van der Waals surface area contributed by atoms with Crippen molar-refractivity contribution in [3.05, 3.63) is 24.3 Å². The number of carboxylic acids is 1. The first kappa shape index (κ1) is 13.5.